The maximum Gasteiger partial charge on any atom is 0.303 e. The van der Waals surface area contributed by atoms with Gasteiger partial charge in [0.15, 0.2) is 0 Å². The lowest BCUT2D eigenvalue weighted by molar-refractivity contribution is -0.137. The molecular weight excluding hydrogens is 274 g/mol. The summed E-state index contributed by atoms with van der Waals surface area (Å²) in [7, 11) is 0. The van der Waals surface area contributed by atoms with Gasteiger partial charge >= 0.3 is 5.97 Å². The molecule has 0 aliphatic rings. The molecule has 0 atom stereocenters. The van der Waals surface area contributed by atoms with Crippen molar-refractivity contribution in [2.75, 3.05) is 0 Å². The summed E-state index contributed by atoms with van der Waals surface area (Å²) in [5.74, 6) is -1.33. The van der Waals surface area contributed by atoms with Gasteiger partial charge in [-0.25, -0.2) is 4.68 Å². The molecule has 2 N–H and O–H groups in total. The maximum absolute atomic E-state index is 12.1. The van der Waals surface area contributed by atoms with Crippen molar-refractivity contribution in [2.45, 2.75) is 52.1 Å². The van der Waals surface area contributed by atoms with Crippen LogP contribution in [0.1, 0.15) is 50.5 Å². The number of aliphatic carboxylic acids is 1. The van der Waals surface area contributed by atoms with Crippen LogP contribution < -0.4 is 10.9 Å². The van der Waals surface area contributed by atoms with Crippen molar-refractivity contribution in [1.29, 1.82) is 0 Å². The van der Waals surface area contributed by atoms with E-state index in [2.05, 4.69) is 10.4 Å². The van der Waals surface area contributed by atoms with Crippen molar-refractivity contribution in [3.63, 3.8) is 0 Å². The third kappa shape index (κ3) is 5.37. The number of carboxylic acids is 1. The van der Waals surface area contributed by atoms with Crippen LogP contribution in [0.15, 0.2) is 16.9 Å². The highest BCUT2D eigenvalue weighted by Crippen LogP contribution is 2.12. The fraction of sp³-hybridized carbons (Fsp3) is 0.571. The van der Waals surface area contributed by atoms with Crippen molar-refractivity contribution >= 4 is 11.9 Å². The van der Waals surface area contributed by atoms with Crippen LogP contribution in [-0.4, -0.2) is 32.3 Å². The largest absolute Gasteiger partial charge is 0.481 e. The van der Waals surface area contributed by atoms with Crippen LogP contribution in [-0.2, 0) is 11.3 Å². The van der Waals surface area contributed by atoms with Gasteiger partial charge in [-0.05, 0) is 32.8 Å². The number of nitrogens with one attached hydrogen (secondary N) is 1. The van der Waals surface area contributed by atoms with E-state index < -0.39 is 17.4 Å². The van der Waals surface area contributed by atoms with Gasteiger partial charge in [0.1, 0.15) is 5.69 Å². The molecule has 116 valence electrons. The van der Waals surface area contributed by atoms with Crippen LogP contribution in [0.5, 0.6) is 0 Å². The number of carboxylic acid groups (broad SMARTS) is 1. The van der Waals surface area contributed by atoms with Crippen molar-refractivity contribution in [3.05, 3.63) is 28.2 Å². The normalized spacial score (nSPS) is 11.2. The molecule has 1 rings (SSSR count). The number of aryl methyl sites for hydroxylation is 1. The smallest absolute Gasteiger partial charge is 0.303 e. The number of carbonyl (C=O) groups excluding carboxylic acids is 1. The summed E-state index contributed by atoms with van der Waals surface area (Å²) < 4.78 is 1.25. The molecule has 21 heavy (non-hydrogen) atoms. The SMILES string of the molecule is CCCn1nc(C(=O)NC(C)(C)CCC(=O)O)ccc1=O. The zero-order valence-corrected chi connectivity index (χ0v) is 12.5. The Morgan fingerprint density at radius 1 is 1.38 bits per heavy atom. The number of nitrogens with zero attached hydrogens (tertiary/aromatic N) is 2. The molecular formula is C14H21N3O4. The fourth-order valence-electron chi connectivity index (χ4n) is 1.80. The first-order chi connectivity index (χ1) is 9.75. The molecule has 0 aliphatic heterocycles. The number of hydrogen-bond acceptors (Lipinski definition) is 4. The lowest BCUT2D eigenvalue weighted by atomic mass is 9.98. The summed E-state index contributed by atoms with van der Waals surface area (Å²) in [6.07, 6.45) is 1.01. The number of amides is 1. The average Bonchev–Trinajstić information content (AvgIpc) is 2.39. The van der Waals surface area contributed by atoms with Crippen LogP contribution in [0.25, 0.3) is 0 Å². The second kappa shape index (κ2) is 7.01. The van der Waals surface area contributed by atoms with Crippen molar-refractivity contribution in [3.8, 4) is 0 Å². The molecule has 1 aromatic heterocycles. The lowest BCUT2D eigenvalue weighted by Crippen LogP contribution is -2.44. The average molecular weight is 295 g/mol. The Hall–Kier alpha value is -2.18. The molecule has 0 unspecified atom stereocenters. The monoisotopic (exact) mass is 295 g/mol. The van der Waals surface area contributed by atoms with E-state index in [1.807, 2.05) is 6.92 Å². The third-order valence-electron chi connectivity index (χ3n) is 2.95. The predicted octanol–water partition coefficient (Wildman–Crippen LogP) is 1.03. The minimum absolute atomic E-state index is 0.0317. The Kier molecular flexibility index (Phi) is 5.63. The first-order valence-corrected chi connectivity index (χ1v) is 6.87. The summed E-state index contributed by atoms with van der Waals surface area (Å²) >= 11 is 0. The standard InChI is InChI=1S/C14H21N3O4/c1-4-9-17-11(18)6-5-10(16-17)13(21)15-14(2,3)8-7-12(19)20/h5-6H,4,7-9H2,1-3H3,(H,15,21)(H,19,20). The number of aromatic nitrogens is 2. The second-order valence-corrected chi connectivity index (χ2v) is 5.51. The number of carbonyl (C=O) groups is 2. The van der Waals surface area contributed by atoms with Crippen molar-refractivity contribution in [1.82, 2.24) is 15.1 Å². The van der Waals surface area contributed by atoms with Crippen molar-refractivity contribution < 1.29 is 14.7 Å². The zero-order valence-electron chi connectivity index (χ0n) is 12.5. The van der Waals surface area contributed by atoms with E-state index in [4.69, 9.17) is 5.11 Å². The Bertz CT molecular complexity index is 578. The molecule has 1 aromatic rings. The first-order valence-electron chi connectivity index (χ1n) is 6.87. The summed E-state index contributed by atoms with van der Waals surface area (Å²) in [5, 5.41) is 15.4. The highest BCUT2D eigenvalue weighted by atomic mass is 16.4. The van der Waals surface area contributed by atoms with Crippen molar-refractivity contribution in [2.24, 2.45) is 0 Å². The highest BCUT2D eigenvalue weighted by molar-refractivity contribution is 5.92. The molecule has 0 radical (unpaired) electrons. The first kappa shape index (κ1) is 16.9. The van der Waals surface area contributed by atoms with Crippen LogP contribution >= 0.6 is 0 Å². The quantitative estimate of drug-likeness (QED) is 0.782. The van der Waals surface area contributed by atoms with E-state index in [9.17, 15) is 14.4 Å². The van der Waals surface area contributed by atoms with Gasteiger partial charge in [-0.3, -0.25) is 14.4 Å². The van der Waals surface area contributed by atoms with Crippen LogP contribution in [0.3, 0.4) is 0 Å². The third-order valence-corrected chi connectivity index (χ3v) is 2.95. The van der Waals surface area contributed by atoms with Gasteiger partial charge in [-0.15, -0.1) is 0 Å². The molecule has 0 bridgehead atoms. The summed E-state index contributed by atoms with van der Waals surface area (Å²) in [6.45, 7) is 5.85. The topological polar surface area (TPSA) is 101 Å². The number of rotatable bonds is 7. The highest BCUT2D eigenvalue weighted by Gasteiger charge is 2.23. The van der Waals surface area contributed by atoms with E-state index in [1.54, 1.807) is 13.8 Å². The predicted molar refractivity (Wildman–Crippen MR) is 77.2 cm³/mol. The molecule has 7 heteroatoms. The van der Waals surface area contributed by atoms with Gasteiger partial charge in [-0.1, -0.05) is 6.92 Å². The zero-order chi connectivity index (χ0) is 16.0. The minimum atomic E-state index is -0.910. The van der Waals surface area contributed by atoms with E-state index in [0.717, 1.165) is 6.42 Å². The molecule has 0 saturated heterocycles. The molecule has 0 spiro atoms. The molecule has 1 amide bonds. The molecule has 0 saturated carbocycles. The summed E-state index contributed by atoms with van der Waals surface area (Å²) in [4.78, 5) is 34.3. The Labute approximate surface area is 123 Å². The van der Waals surface area contributed by atoms with Gasteiger partial charge in [0.25, 0.3) is 11.5 Å². The summed E-state index contributed by atoms with van der Waals surface area (Å²) in [6, 6.07) is 2.68. The van der Waals surface area contributed by atoms with Gasteiger partial charge in [0.2, 0.25) is 0 Å². The molecule has 7 nitrogen and oxygen atoms in total. The minimum Gasteiger partial charge on any atom is -0.481 e. The fourth-order valence-corrected chi connectivity index (χ4v) is 1.80. The lowest BCUT2D eigenvalue weighted by Gasteiger charge is -2.25. The Balaban J connectivity index is 2.81. The molecule has 0 aliphatic carbocycles. The molecule has 0 aromatic carbocycles. The van der Waals surface area contributed by atoms with Gasteiger partial charge < -0.3 is 10.4 Å². The summed E-state index contributed by atoms with van der Waals surface area (Å²) in [5.41, 5.74) is -0.770. The maximum atomic E-state index is 12.1. The van der Waals surface area contributed by atoms with E-state index in [-0.39, 0.29) is 17.7 Å². The van der Waals surface area contributed by atoms with E-state index in [0.29, 0.717) is 13.0 Å². The van der Waals surface area contributed by atoms with E-state index in [1.165, 1.54) is 16.8 Å². The molecule has 1 heterocycles. The second-order valence-electron chi connectivity index (χ2n) is 5.51. The Morgan fingerprint density at radius 3 is 2.62 bits per heavy atom. The Morgan fingerprint density at radius 2 is 2.05 bits per heavy atom. The van der Waals surface area contributed by atoms with Crippen LogP contribution in [0.4, 0.5) is 0 Å². The van der Waals surface area contributed by atoms with Crippen LogP contribution in [0.2, 0.25) is 0 Å². The van der Waals surface area contributed by atoms with Crippen LogP contribution in [0, 0.1) is 0 Å². The van der Waals surface area contributed by atoms with Gasteiger partial charge in [0, 0.05) is 24.6 Å². The van der Waals surface area contributed by atoms with E-state index >= 15 is 0 Å². The van der Waals surface area contributed by atoms with Gasteiger partial charge in [-0.2, -0.15) is 5.10 Å². The molecule has 0 fully saturated rings. The van der Waals surface area contributed by atoms with Gasteiger partial charge in [0.05, 0.1) is 0 Å². The number of hydrogen-bond donors (Lipinski definition) is 2.